The molecule has 0 aromatic rings. The predicted molar refractivity (Wildman–Crippen MR) is 122 cm³/mol. The van der Waals surface area contributed by atoms with E-state index in [9.17, 15) is 19.5 Å². The van der Waals surface area contributed by atoms with Crippen molar-refractivity contribution in [2.45, 2.75) is 70.9 Å². The summed E-state index contributed by atoms with van der Waals surface area (Å²) in [4.78, 5) is 43.3. The summed E-state index contributed by atoms with van der Waals surface area (Å²) < 4.78 is 10.2. The number of β-amino-alcohol motifs (C(OH)–C–C–N with tert-alkyl or cyclic N) is 1. The third-order valence-corrected chi connectivity index (χ3v) is 4.00. The normalized spacial score (nSPS) is 21.1. The first-order chi connectivity index (χ1) is 14.7. The first-order valence-electron chi connectivity index (χ1n) is 10.0. The van der Waals surface area contributed by atoms with Gasteiger partial charge in [0.25, 0.3) is 12.1 Å². The van der Waals surface area contributed by atoms with Crippen molar-refractivity contribution in [3.8, 4) is 0 Å². The fourth-order valence-corrected chi connectivity index (χ4v) is 2.62. The maximum Gasteiger partial charge on any atom is 1.00 e. The van der Waals surface area contributed by atoms with E-state index >= 15 is 0 Å². The first kappa shape index (κ1) is 36.7. The molecule has 0 saturated carbocycles. The standard InChI is InChI=1S/C10H16N2O3.C10H14N2O3.CH4O.B.Na.H/c2*1-10(2,3)15-9(14)12-5-7(11-4)8(13)6-12;1-2;;;/h7-8,13H,5-6H2,1-3H3;7H,5-6H2,1-3H3;2H,1H3;;;/q;;;;+1;-1. The number of aliphatic hydroxyl groups is 2. The van der Waals surface area contributed by atoms with E-state index in [1.165, 1.54) is 9.80 Å². The molecule has 2 saturated heterocycles. The largest absolute Gasteiger partial charge is 1.00 e. The van der Waals surface area contributed by atoms with Crippen LogP contribution in [0, 0.1) is 13.1 Å². The Morgan fingerprint density at radius 3 is 1.71 bits per heavy atom. The van der Waals surface area contributed by atoms with E-state index in [1.807, 2.05) is 0 Å². The molecule has 34 heavy (non-hydrogen) atoms. The summed E-state index contributed by atoms with van der Waals surface area (Å²) in [5.74, 6) is -0.212. The van der Waals surface area contributed by atoms with E-state index in [0.29, 0.717) is 0 Å². The van der Waals surface area contributed by atoms with Crippen molar-refractivity contribution in [3.05, 3.63) is 22.8 Å². The van der Waals surface area contributed by atoms with Crippen LogP contribution < -0.4 is 29.6 Å². The van der Waals surface area contributed by atoms with E-state index in [4.69, 9.17) is 27.7 Å². The smallest absolute Gasteiger partial charge is 1.00 e. The van der Waals surface area contributed by atoms with Crippen LogP contribution in [0.4, 0.5) is 9.59 Å². The van der Waals surface area contributed by atoms with Crippen molar-refractivity contribution in [1.29, 1.82) is 0 Å². The minimum atomic E-state index is -0.755. The van der Waals surface area contributed by atoms with Crippen molar-refractivity contribution in [2.24, 2.45) is 0 Å². The van der Waals surface area contributed by atoms with E-state index in [-0.39, 0.29) is 71.4 Å². The van der Waals surface area contributed by atoms with Crippen LogP contribution in [0.3, 0.4) is 0 Å². The Kier molecular flexibility index (Phi) is 17.2. The number of nitrogens with zero attached hydrogens (tertiary/aromatic N) is 4. The van der Waals surface area contributed by atoms with E-state index in [0.717, 1.165) is 7.11 Å². The Hall–Kier alpha value is -1.83. The summed E-state index contributed by atoms with van der Waals surface area (Å²) in [6.45, 7) is 24.8. The van der Waals surface area contributed by atoms with Crippen molar-refractivity contribution < 1.29 is 65.1 Å². The van der Waals surface area contributed by atoms with Gasteiger partial charge in [-0.2, -0.15) is 0 Å². The van der Waals surface area contributed by atoms with Gasteiger partial charge >= 0.3 is 41.7 Å². The summed E-state index contributed by atoms with van der Waals surface area (Å²) in [6.07, 6.45) is -1.75. The molecule has 2 N–H and O–H groups in total. The van der Waals surface area contributed by atoms with Crippen molar-refractivity contribution in [2.75, 3.05) is 33.3 Å². The number of hydrogen-bond acceptors (Lipinski definition) is 7. The summed E-state index contributed by atoms with van der Waals surface area (Å²) in [5.41, 5.74) is -1.12. The SMILES string of the molecule is CO.[B].[C-]#[N+]C1CN(C(=O)OC(C)(C)C)CC1=O.[C-]#[N+]C1CN(C(=O)OC(C)(C)C)CC1O.[H-].[Na+]. The van der Waals surface area contributed by atoms with Gasteiger partial charge in [-0.15, -0.1) is 0 Å². The van der Waals surface area contributed by atoms with Crippen molar-refractivity contribution in [3.63, 3.8) is 0 Å². The minimum Gasteiger partial charge on any atom is -1.00 e. The van der Waals surface area contributed by atoms with Crippen LogP contribution in [0.15, 0.2) is 0 Å². The monoisotopic (exact) mass is 489 g/mol. The van der Waals surface area contributed by atoms with Gasteiger partial charge in [0.2, 0.25) is 5.78 Å². The molecule has 0 spiro atoms. The quantitative estimate of drug-likeness (QED) is 0.308. The van der Waals surface area contributed by atoms with E-state index < -0.39 is 41.6 Å². The van der Waals surface area contributed by atoms with Gasteiger partial charge < -0.3 is 30.8 Å². The number of amides is 2. The third-order valence-electron chi connectivity index (χ3n) is 4.00. The van der Waals surface area contributed by atoms with Gasteiger partial charge in [0, 0.05) is 15.5 Å². The number of aliphatic hydroxyl groups excluding tert-OH is 2. The maximum absolute atomic E-state index is 11.6. The number of likely N-dealkylation sites (tertiary alicyclic amines) is 2. The molecule has 0 aromatic carbocycles. The zero-order valence-electron chi connectivity index (χ0n) is 22.4. The van der Waals surface area contributed by atoms with Crippen LogP contribution in [0.2, 0.25) is 0 Å². The zero-order valence-corrected chi connectivity index (χ0v) is 23.4. The number of carbonyl (C=O) groups excluding carboxylic acids is 3. The molecule has 0 aromatic heterocycles. The van der Waals surface area contributed by atoms with Crippen LogP contribution in [-0.2, 0) is 14.3 Å². The van der Waals surface area contributed by atoms with Gasteiger partial charge in [0.15, 0.2) is 0 Å². The number of rotatable bonds is 0. The van der Waals surface area contributed by atoms with Crippen LogP contribution in [0.1, 0.15) is 43.0 Å². The fourth-order valence-electron chi connectivity index (χ4n) is 2.62. The Labute approximate surface area is 227 Å². The molecular weight excluding hydrogens is 454 g/mol. The van der Waals surface area contributed by atoms with Crippen LogP contribution in [0.25, 0.3) is 9.69 Å². The summed E-state index contributed by atoms with van der Waals surface area (Å²) in [5, 5.41) is 16.4. The van der Waals surface area contributed by atoms with Gasteiger partial charge in [-0.3, -0.25) is 14.6 Å². The number of hydrogen-bond donors (Lipinski definition) is 2. The van der Waals surface area contributed by atoms with Gasteiger partial charge in [-0.1, -0.05) is 0 Å². The third kappa shape index (κ3) is 13.2. The van der Waals surface area contributed by atoms with Gasteiger partial charge in [-0.05, 0) is 41.5 Å². The van der Waals surface area contributed by atoms with Crippen LogP contribution >= 0.6 is 0 Å². The number of carbonyl (C=O) groups is 3. The van der Waals surface area contributed by atoms with Crippen molar-refractivity contribution in [1.82, 2.24) is 9.80 Å². The predicted octanol–water partition coefficient (Wildman–Crippen LogP) is -1.68. The molecular formula is C21H35BN4NaO7. The minimum absolute atomic E-state index is 0. The molecule has 185 valence electrons. The Morgan fingerprint density at radius 2 is 1.38 bits per heavy atom. The number of ketones is 1. The maximum atomic E-state index is 11.6. The van der Waals surface area contributed by atoms with Gasteiger partial charge in [0.05, 0.1) is 13.1 Å². The molecule has 2 rings (SSSR count). The molecule has 0 bridgehead atoms. The van der Waals surface area contributed by atoms with Crippen molar-refractivity contribution >= 4 is 26.4 Å². The average molecular weight is 489 g/mol. The second kappa shape index (κ2) is 16.0. The van der Waals surface area contributed by atoms with Crippen LogP contribution in [0.5, 0.6) is 0 Å². The first-order valence-corrected chi connectivity index (χ1v) is 10.0. The Morgan fingerprint density at radius 1 is 0.941 bits per heavy atom. The van der Waals surface area contributed by atoms with E-state index in [1.54, 1.807) is 41.5 Å². The van der Waals surface area contributed by atoms with E-state index in [2.05, 4.69) is 9.69 Å². The molecule has 11 nitrogen and oxygen atoms in total. The Balaban J connectivity index is -0.000000237. The molecule has 0 aliphatic carbocycles. The van der Waals surface area contributed by atoms with Gasteiger partial charge in [-0.25, -0.2) is 22.7 Å². The molecule has 3 unspecified atom stereocenters. The van der Waals surface area contributed by atoms with Crippen LogP contribution in [-0.4, -0.2) is 109 Å². The average Bonchev–Trinajstić information content (AvgIpc) is 3.23. The molecule has 3 radical (unpaired) electrons. The molecule has 2 aliphatic rings. The fraction of sp³-hybridized carbons (Fsp3) is 0.762. The molecule has 2 amide bonds. The summed E-state index contributed by atoms with van der Waals surface area (Å²) in [6, 6.07) is -1.23. The molecule has 2 aliphatic heterocycles. The Bertz CT molecular complexity index is 763. The number of Topliss-reactive ketones (excluding diaryl/α,β-unsaturated/α-hetero) is 1. The second-order valence-corrected chi connectivity index (χ2v) is 9.12. The molecule has 3 atom stereocenters. The molecule has 2 fully saturated rings. The van der Waals surface area contributed by atoms with Gasteiger partial charge in [0.1, 0.15) is 30.4 Å². The zero-order chi connectivity index (χ0) is 25.3. The molecule has 2 heterocycles. The second-order valence-electron chi connectivity index (χ2n) is 9.12. The molecule has 13 heteroatoms. The summed E-state index contributed by atoms with van der Waals surface area (Å²) >= 11 is 0. The number of ether oxygens (including phenoxy) is 2. The summed E-state index contributed by atoms with van der Waals surface area (Å²) in [7, 11) is 1.00. The topological polar surface area (TPSA) is 125 Å².